The first kappa shape index (κ1) is 18.8. The van der Waals surface area contributed by atoms with Gasteiger partial charge in [0.15, 0.2) is 11.5 Å². The first-order valence-corrected chi connectivity index (χ1v) is 9.47. The molecule has 0 aliphatic heterocycles. The Morgan fingerprint density at radius 1 is 0.963 bits per heavy atom. The minimum Gasteiger partial charge on any atom is -0.493 e. The lowest BCUT2D eigenvalue weighted by molar-refractivity contribution is 0.103. The Balaban J connectivity index is 1.51. The number of anilines is 2. The highest BCUT2D eigenvalue weighted by Crippen LogP contribution is 2.27. The Kier molecular flexibility index (Phi) is 6.33. The van der Waals surface area contributed by atoms with Gasteiger partial charge in [-0.05, 0) is 59.8 Å². The average Bonchev–Trinajstić information content (AvgIpc) is 3.24. The van der Waals surface area contributed by atoms with Gasteiger partial charge < -0.3 is 20.1 Å². The Bertz CT molecular complexity index is 877. The van der Waals surface area contributed by atoms with Crippen LogP contribution in [-0.2, 0) is 6.42 Å². The summed E-state index contributed by atoms with van der Waals surface area (Å²) in [5.41, 5.74) is 2.95. The van der Waals surface area contributed by atoms with Crippen molar-refractivity contribution in [2.45, 2.75) is 6.42 Å². The van der Waals surface area contributed by atoms with Gasteiger partial charge in [0.05, 0.1) is 19.1 Å². The second-order valence-corrected chi connectivity index (χ2v) is 6.82. The number of carbonyl (C=O) groups excluding carboxylic acids is 1. The molecule has 1 heterocycles. The van der Waals surface area contributed by atoms with Crippen molar-refractivity contribution in [1.29, 1.82) is 0 Å². The largest absolute Gasteiger partial charge is 0.493 e. The van der Waals surface area contributed by atoms with Crippen LogP contribution in [0.2, 0.25) is 0 Å². The summed E-state index contributed by atoms with van der Waals surface area (Å²) in [5, 5.41) is 8.17. The summed E-state index contributed by atoms with van der Waals surface area (Å²) in [4.78, 5) is 12.8. The van der Waals surface area contributed by atoms with Crippen LogP contribution >= 0.6 is 11.3 Å². The van der Waals surface area contributed by atoms with Gasteiger partial charge >= 0.3 is 0 Å². The maximum Gasteiger partial charge on any atom is 0.265 e. The van der Waals surface area contributed by atoms with Gasteiger partial charge in [-0.25, -0.2) is 0 Å². The van der Waals surface area contributed by atoms with Gasteiger partial charge in [-0.3, -0.25) is 4.79 Å². The van der Waals surface area contributed by atoms with E-state index in [4.69, 9.17) is 9.47 Å². The van der Waals surface area contributed by atoms with Gasteiger partial charge in [0.1, 0.15) is 0 Å². The molecule has 3 aromatic rings. The number of benzene rings is 2. The number of ether oxygens (including phenoxy) is 2. The van der Waals surface area contributed by atoms with Gasteiger partial charge in [-0.2, -0.15) is 0 Å². The third-order valence-electron chi connectivity index (χ3n) is 4.08. The number of carbonyl (C=O) groups is 1. The molecule has 140 valence electrons. The summed E-state index contributed by atoms with van der Waals surface area (Å²) in [5.74, 6) is 1.38. The van der Waals surface area contributed by atoms with Crippen molar-refractivity contribution in [2.24, 2.45) is 0 Å². The van der Waals surface area contributed by atoms with E-state index in [2.05, 4.69) is 10.6 Å². The second-order valence-electron chi connectivity index (χ2n) is 5.87. The first-order chi connectivity index (χ1) is 13.2. The highest BCUT2D eigenvalue weighted by Gasteiger charge is 2.07. The molecule has 0 spiro atoms. The molecule has 0 fully saturated rings. The van der Waals surface area contributed by atoms with Gasteiger partial charge in [0.25, 0.3) is 5.91 Å². The molecular weight excluding hydrogens is 360 g/mol. The van der Waals surface area contributed by atoms with Crippen LogP contribution in [0, 0.1) is 0 Å². The fourth-order valence-corrected chi connectivity index (χ4v) is 3.28. The zero-order valence-corrected chi connectivity index (χ0v) is 16.1. The Morgan fingerprint density at radius 2 is 1.70 bits per heavy atom. The van der Waals surface area contributed by atoms with Crippen molar-refractivity contribution in [2.75, 3.05) is 31.4 Å². The van der Waals surface area contributed by atoms with E-state index in [0.717, 1.165) is 35.8 Å². The van der Waals surface area contributed by atoms with Crippen molar-refractivity contribution >= 4 is 28.6 Å². The van der Waals surface area contributed by atoms with E-state index < -0.39 is 0 Å². The maximum atomic E-state index is 12.1. The summed E-state index contributed by atoms with van der Waals surface area (Å²) in [6.45, 7) is 0.788. The summed E-state index contributed by atoms with van der Waals surface area (Å²) < 4.78 is 10.6. The average molecular weight is 382 g/mol. The molecule has 0 aliphatic rings. The van der Waals surface area contributed by atoms with Crippen LogP contribution in [0.15, 0.2) is 60.0 Å². The van der Waals surface area contributed by atoms with Gasteiger partial charge in [0, 0.05) is 17.9 Å². The van der Waals surface area contributed by atoms with Crippen LogP contribution in [-0.4, -0.2) is 26.7 Å². The quantitative estimate of drug-likeness (QED) is 0.594. The Labute approximate surface area is 162 Å². The van der Waals surface area contributed by atoms with E-state index in [1.54, 1.807) is 14.2 Å². The summed E-state index contributed by atoms with van der Waals surface area (Å²) in [6, 6.07) is 17.3. The molecule has 1 amide bonds. The lowest BCUT2D eigenvalue weighted by Gasteiger charge is -2.11. The van der Waals surface area contributed by atoms with Crippen molar-refractivity contribution in [3.63, 3.8) is 0 Å². The molecule has 0 radical (unpaired) electrons. The minimum atomic E-state index is -0.0841. The number of amides is 1. The minimum absolute atomic E-state index is 0.0841. The molecule has 0 saturated carbocycles. The Hall–Kier alpha value is -2.99. The molecule has 0 bridgehead atoms. The van der Waals surface area contributed by atoms with Gasteiger partial charge in [-0.15, -0.1) is 11.3 Å². The van der Waals surface area contributed by atoms with E-state index in [-0.39, 0.29) is 5.91 Å². The third-order valence-corrected chi connectivity index (χ3v) is 4.95. The fourth-order valence-electron chi connectivity index (χ4n) is 2.66. The first-order valence-electron chi connectivity index (χ1n) is 8.59. The number of hydrogen-bond donors (Lipinski definition) is 2. The van der Waals surface area contributed by atoms with Gasteiger partial charge in [0.2, 0.25) is 0 Å². The van der Waals surface area contributed by atoms with Crippen molar-refractivity contribution in [3.05, 3.63) is 70.4 Å². The number of methoxy groups -OCH3 is 2. The topological polar surface area (TPSA) is 59.6 Å². The smallest absolute Gasteiger partial charge is 0.265 e. The predicted octanol–water partition coefficient (Wildman–Crippen LogP) is 4.67. The van der Waals surface area contributed by atoms with E-state index in [0.29, 0.717) is 4.88 Å². The zero-order chi connectivity index (χ0) is 19.1. The monoisotopic (exact) mass is 382 g/mol. The van der Waals surface area contributed by atoms with Crippen LogP contribution in [0.5, 0.6) is 11.5 Å². The number of nitrogens with one attached hydrogen (secondary N) is 2. The third kappa shape index (κ3) is 5.01. The molecular formula is C21H22N2O3S. The highest BCUT2D eigenvalue weighted by atomic mass is 32.1. The van der Waals surface area contributed by atoms with Crippen molar-refractivity contribution < 1.29 is 14.3 Å². The lowest BCUT2D eigenvalue weighted by atomic mass is 10.1. The molecule has 0 aliphatic carbocycles. The molecule has 0 atom stereocenters. The number of hydrogen-bond acceptors (Lipinski definition) is 5. The number of thiophene rings is 1. The molecule has 3 rings (SSSR count). The van der Waals surface area contributed by atoms with E-state index in [1.807, 2.05) is 60.0 Å². The maximum absolute atomic E-state index is 12.1. The lowest BCUT2D eigenvalue weighted by Crippen LogP contribution is -2.10. The number of rotatable bonds is 8. The molecule has 0 unspecified atom stereocenters. The molecule has 2 N–H and O–H groups in total. The molecule has 6 heteroatoms. The molecule has 5 nitrogen and oxygen atoms in total. The zero-order valence-electron chi connectivity index (χ0n) is 15.3. The van der Waals surface area contributed by atoms with Crippen molar-refractivity contribution in [1.82, 2.24) is 0 Å². The predicted molar refractivity (Wildman–Crippen MR) is 110 cm³/mol. The summed E-state index contributed by atoms with van der Waals surface area (Å²) >= 11 is 1.43. The standard InChI is InChI=1S/C21H22N2O3S/c1-25-18-10-5-15(14-19(18)26-2)11-12-22-16-6-8-17(9-7-16)23-21(24)20-4-3-13-27-20/h3-10,13-14,22H,11-12H2,1-2H3,(H,23,24). The van der Waals surface area contributed by atoms with Crippen molar-refractivity contribution in [3.8, 4) is 11.5 Å². The van der Waals surface area contributed by atoms with Crippen LogP contribution in [0.4, 0.5) is 11.4 Å². The van der Waals surface area contributed by atoms with Crippen LogP contribution in [0.3, 0.4) is 0 Å². The van der Waals surface area contributed by atoms with E-state index in [9.17, 15) is 4.79 Å². The van der Waals surface area contributed by atoms with E-state index in [1.165, 1.54) is 16.9 Å². The van der Waals surface area contributed by atoms with Gasteiger partial charge in [-0.1, -0.05) is 12.1 Å². The van der Waals surface area contributed by atoms with E-state index >= 15 is 0 Å². The fraction of sp³-hybridized carbons (Fsp3) is 0.190. The SMILES string of the molecule is COc1ccc(CCNc2ccc(NC(=O)c3cccs3)cc2)cc1OC. The molecule has 1 aromatic heterocycles. The van der Waals surface area contributed by atoms with Crippen LogP contribution in [0.1, 0.15) is 15.2 Å². The van der Waals surface area contributed by atoms with Crippen LogP contribution < -0.4 is 20.1 Å². The second kappa shape index (κ2) is 9.09. The summed E-state index contributed by atoms with van der Waals surface area (Å²) in [6.07, 6.45) is 0.858. The van der Waals surface area contributed by atoms with Crippen LogP contribution in [0.25, 0.3) is 0 Å². The normalized spacial score (nSPS) is 10.3. The molecule has 2 aromatic carbocycles. The Morgan fingerprint density at radius 3 is 2.37 bits per heavy atom. The molecule has 27 heavy (non-hydrogen) atoms. The molecule has 0 saturated heterocycles. The summed E-state index contributed by atoms with van der Waals surface area (Å²) in [7, 11) is 3.27. The highest BCUT2D eigenvalue weighted by molar-refractivity contribution is 7.12.